The molecule has 2 N–H and O–H groups in total. The summed E-state index contributed by atoms with van der Waals surface area (Å²) in [6.07, 6.45) is 1.86. The zero-order valence-corrected chi connectivity index (χ0v) is 11.6. The van der Waals surface area contributed by atoms with Gasteiger partial charge in [-0.25, -0.2) is 4.99 Å². The second-order valence-corrected chi connectivity index (χ2v) is 4.82. The average molecular weight is 308 g/mol. The first-order valence-corrected chi connectivity index (χ1v) is 6.21. The second kappa shape index (κ2) is 5.27. The molecule has 1 aliphatic rings. The van der Waals surface area contributed by atoms with E-state index in [0.717, 1.165) is 21.6 Å². The molecule has 0 saturated carbocycles. The predicted octanol–water partition coefficient (Wildman–Crippen LogP) is 2.49. The maximum Gasteiger partial charge on any atom is 0.200 e. The molecule has 18 heavy (non-hydrogen) atoms. The van der Waals surface area contributed by atoms with E-state index in [1.54, 1.807) is 4.90 Å². The molecule has 1 aromatic rings. The number of benzene rings is 1. The van der Waals surface area contributed by atoms with E-state index in [9.17, 15) is 0 Å². The number of allylic oxidation sites excluding steroid dienone is 1. The molecule has 1 aromatic carbocycles. The van der Waals surface area contributed by atoms with Crippen LogP contribution in [0.5, 0.6) is 5.75 Å². The van der Waals surface area contributed by atoms with Crippen molar-refractivity contribution in [3.05, 3.63) is 52.8 Å². The van der Waals surface area contributed by atoms with Gasteiger partial charge in [-0.2, -0.15) is 0 Å². The molecule has 0 amide bonds. The van der Waals surface area contributed by atoms with Crippen molar-refractivity contribution in [2.24, 2.45) is 10.7 Å². The number of hydrogen-bond acceptors (Lipinski definition) is 4. The van der Waals surface area contributed by atoms with E-state index in [2.05, 4.69) is 27.5 Å². The highest BCUT2D eigenvalue weighted by Gasteiger charge is 2.12. The Kier molecular flexibility index (Phi) is 3.72. The maximum absolute atomic E-state index is 5.76. The van der Waals surface area contributed by atoms with Gasteiger partial charge in [0.05, 0.1) is 5.70 Å². The first kappa shape index (κ1) is 12.7. The number of nitrogens with two attached hydrogens (primary N) is 1. The van der Waals surface area contributed by atoms with Crippen LogP contribution in [0.4, 0.5) is 0 Å². The Morgan fingerprint density at radius 1 is 1.50 bits per heavy atom. The third-order valence-corrected chi connectivity index (χ3v) is 3.04. The van der Waals surface area contributed by atoms with Gasteiger partial charge in [-0.15, -0.1) is 0 Å². The lowest BCUT2D eigenvalue weighted by atomic mass is 10.3. The van der Waals surface area contributed by atoms with Crippen LogP contribution in [0, 0.1) is 0 Å². The highest BCUT2D eigenvalue weighted by molar-refractivity contribution is 9.10. The summed E-state index contributed by atoms with van der Waals surface area (Å²) < 4.78 is 6.61. The quantitative estimate of drug-likeness (QED) is 0.933. The molecule has 4 nitrogen and oxygen atoms in total. The maximum atomic E-state index is 5.76. The minimum Gasteiger partial charge on any atom is -0.487 e. The largest absolute Gasteiger partial charge is 0.487 e. The minimum atomic E-state index is 0.365. The van der Waals surface area contributed by atoms with Gasteiger partial charge in [-0.3, -0.25) is 0 Å². The molecule has 5 heteroatoms. The van der Waals surface area contributed by atoms with Gasteiger partial charge in [-0.05, 0) is 24.3 Å². The fourth-order valence-electron chi connectivity index (χ4n) is 1.48. The normalized spacial score (nSPS) is 15.2. The van der Waals surface area contributed by atoms with Crippen molar-refractivity contribution in [2.75, 3.05) is 13.7 Å². The fourth-order valence-corrected chi connectivity index (χ4v) is 1.86. The summed E-state index contributed by atoms with van der Waals surface area (Å²) in [6.45, 7) is 4.26. The molecule has 2 rings (SSSR count). The van der Waals surface area contributed by atoms with Crippen LogP contribution in [0.3, 0.4) is 0 Å². The van der Waals surface area contributed by atoms with Gasteiger partial charge in [0.15, 0.2) is 0 Å². The summed E-state index contributed by atoms with van der Waals surface area (Å²) in [5, 5.41) is 0. The van der Waals surface area contributed by atoms with Gasteiger partial charge in [0.2, 0.25) is 5.96 Å². The van der Waals surface area contributed by atoms with Gasteiger partial charge in [0.25, 0.3) is 0 Å². The van der Waals surface area contributed by atoms with E-state index < -0.39 is 0 Å². The summed E-state index contributed by atoms with van der Waals surface area (Å²) >= 11 is 3.39. The van der Waals surface area contributed by atoms with Crippen molar-refractivity contribution in [2.45, 2.75) is 0 Å². The van der Waals surface area contributed by atoms with Crippen LogP contribution in [0.15, 0.2) is 57.8 Å². The van der Waals surface area contributed by atoms with Crippen LogP contribution in [0.2, 0.25) is 0 Å². The fraction of sp³-hybridized carbons (Fsp3) is 0.154. The molecule has 0 radical (unpaired) electrons. The molecule has 0 aliphatic carbocycles. The molecule has 1 aliphatic heterocycles. The molecule has 0 bridgehead atoms. The average Bonchev–Trinajstić information content (AvgIpc) is 2.33. The Bertz CT molecular complexity index is 537. The van der Waals surface area contributed by atoms with E-state index in [1.165, 1.54) is 0 Å². The summed E-state index contributed by atoms with van der Waals surface area (Å²) in [6, 6.07) is 7.65. The number of hydrogen-bond donors (Lipinski definition) is 1. The lowest BCUT2D eigenvalue weighted by molar-refractivity contribution is 0.349. The Balaban J connectivity index is 2.03. The highest BCUT2D eigenvalue weighted by atomic mass is 79.9. The Labute approximate surface area is 115 Å². The van der Waals surface area contributed by atoms with Crippen molar-refractivity contribution in [3.63, 3.8) is 0 Å². The standard InChI is InChI=1S/C13H14BrN3O/c1-9-6-11(16-13(15)17(9)2)8-18-12-5-3-4-10(14)7-12/h3-7H,1,8H2,2H3,(H2,15,16). The van der Waals surface area contributed by atoms with Crippen molar-refractivity contribution < 1.29 is 4.74 Å². The van der Waals surface area contributed by atoms with E-state index in [-0.39, 0.29) is 0 Å². The lowest BCUT2D eigenvalue weighted by Gasteiger charge is -2.23. The lowest BCUT2D eigenvalue weighted by Crippen LogP contribution is -2.35. The van der Waals surface area contributed by atoms with Crippen LogP contribution in [-0.2, 0) is 0 Å². The molecular formula is C13H14BrN3O. The number of likely N-dealkylation sites (N-methyl/N-ethyl adjacent to an activating group) is 1. The third kappa shape index (κ3) is 2.92. The smallest absolute Gasteiger partial charge is 0.200 e. The van der Waals surface area contributed by atoms with Crippen molar-refractivity contribution in [1.29, 1.82) is 0 Å². The zero-order valence-electron chi connectivity index (χ0n) is 10.1. The van der Waals surface area contributed by atoms with Gasteiger partial charge in [0, 0.05) is 17.2 Å². The molecular weight excluding hydrogens is 294 g/mol. The van der Waals surface area contributed by atoms with Crippen molar-refractivity contribution >= 4 is 21.9 Å². The molecule has 0 fully saturated rings. The van der Waals surface area contributed by atoms with Gasteiger partial charge in [-0.1, -0.05) is 28.6 Å². The zero-order chi connectivity index (χ0) is 13.1. The van der Waals surface area contributed by atoms with Gasteiger partial charge in [0.1, 0.15) is 12.4 Å². The third-order valence-electron chi connectivity index (χ3n) is 2.55. The van der Waals surface area contributed by atoms with Crippen LogP contribution < -0.4 is 10.5 Å². The summed E-state index contributed by atoms with van der Waals surface area (Å²) in [5.41, 5.74) is 7.32. The van der Waals surface area contributed by atoms with Gasteiger partial charge >= 0.3 is 0 Å². The summed E-state index contributed by atoms with van der Waals surface area (Å²) in [4.78, 5) is 5.96. The van der Waals surface area contributed by atoms with Gasteiger partial charge < -0.3 is 15.4 Å². The monoisotopic (exact) mass is 307 g/mol. The van der Waals surface area contributed by atoms with Crippen LogP contribution in [0.25, 0.3) is 0 Å². The number of nitrogens with zero attached hydrogens (tertiary/aromatic N) is 2. The van der Waals surface area contributed by atoms with Crippen molar-refractivity contribution in [1.82, 2.24) is 4.90 Å². The van der Waals surface area contributed by atoms with E-state index >= 15 is 0 Å². The predicted molar refractivity (Wildman–Crippen MR) is 76.2 cm³/mol. The molecule has 1 heterocycles. The Morgan fingerprint density at radius 2 is 2.28 bits per heavy atom. The Hall–Kier alpha value is -1.75. The number of halogens is 1. The molecule has 94 valence electrons. The second-order valence-electron chi connectivity index (χ2n) is 3.90. The molecule has 0 saturated heterocycles. The molecule has 0 atom stereocenters. The van der Waals surface area contributed by atoms with Crippen LogP contribution in [-0.4, -0.2) is 24.5 Å². The van der Waals surface area contributed by atoms with Crippen LogP contribution >= 0.6 is 15.9 Å². The van der Waals surface area contributed by atoms with E-state index in [0.29, 0.717) is 12.6 Å². The topological polar surface area (TPSA) is 50.9 Å². The van der Waals surface area contributed by atoms with Crippen molar-refractivity contribution in [3.8, 4) is 5.75 Å². The summed E-state index contributed by atoms with van der Waals surface area (Å²) in [7, 11) is 1.82. The highest BCUT2D eigenvalue weighted by Crippen LogP contribution is 2.19. The summed E-state index contributed by atoms with van der Waals surface area (Å²) in [5.74, 6) is 1.21. The van der Waals surface area contributed by atoms with E-state index in [4.69, 9.17) is 10.5 Å². The van der Waals surface area contributed by atoms with E-state index in [1.807, 2.05) is 37.4 Å². The minimum absolute atomic E-state index is 0.365. The first-order chi connectivity index (χ1) is 8.56. The number of guanidine groups is 1. The SMILES string of the molecule is C=C1C=C(COc2cccc(Br)c2)N=C(N)N1C. The molecule has 0 unspecified atom stereocenters. The van der Waals surface area contributed by atoms with Crippen LogP contribution in [0.1, 0.15) is 0 Å². The molecule has 0 spiro atoms. The number of ether oxygens (including phenoxy) is 1. The number of aliphatic imine (C=N–C) groups is 1. The number of rotatable bonds is 3. The first-order valence-electron chi connectivity index (χ1n) is 5.42. The molecule has 0 aromatic heterocycles. The Morgan fingerprint density at radius 3 is 2.94 bits per heavy atom.